The van der Waals surface area contributed by atoms with E-state index >= 15 is 0 Å². The van der Waals surface area contributed by atoms with Crippen LogP contribution in [0.5, 0.6) is 0 Å². The monoisotopic (exact) mass is 391 g/mol. The minimum atomic E-state index is -3.25. The Labute approximate surface area is 157 Å². The van der Waals surface area contributed by atoms with Crippen LogP contribution in [-0.2, 0) is 9.84 Å². The molecule has 1 aromatic carbocycles. The van der Waals surface area contributed by atoms with E-state index in [2.05, 4.69) is 15.3 Å². The molecule has 1 heterocycles. The van der Waals surface area contributed by atoms with E-state index in [1.165, 1.54) is 12.1 Å². The minimum absolute atomic E-state index is 0.144. The molecule has 1 saturated carbocycles. The molecule has 138 valence electrons. The Hall–Kier alpha value is -1.93. The normalized spacial score (nSPS) is 20.5. The summed E-state index contributed by atoms with van der Waals surface area (Å²) >= 11 is 1.69. The van der Waals surface area contributed by atoms with E-state index in [0.29, 0.717) is 10.8 Å². The number of amides is 1. The molecule has 0 radical (unpaired) electrons. The van der Waals surface area contributed by atoms with Gasteiger partial charge in [-0.1, -0.05) is 11.8 Å². The average molecular weight is 392 g/mol. The fraction of sp³-hybridized carbons (Fsp3) is 0.389. The Bertz CT molecular complexity index is 847. The zero-order valence-corrected chi connectivity index (χ0v) is 16.1. The highest BCUT2D eigenvalue weighted by molar-refractivity contribution is 7.99. The van der Waals surface area contributed by atoms with Gasteiger partial charge in [0.05, 0.1) is 4.90 Å². The molecule has 1 N–H and O–H groups in total. The first kappa shape index (κ1) is 18.8. The van der Waals surface area contributed by atoms with Crippen molar-refractivity contribution in [3.8, 4) is 0 Å². The van der Waals surface area contributed by atoms with E-state index in [1.807, 2.05) is 0 Å². The van der Waals surface area contributed by atoms with E-state index in [4.69, 9.17) is 0 Å². The maximum atomic E-state index is 12.4. The number of carbonyl (C=O) groups is 1. The van der Waals surface area contributed by atoms with Crippen LogP contribution in [0.25, 0.3) is 0 Å². The van der Waals surface area contributed by atoms with Crippen molar-refractivity contribution in [2.75, 3.05) is 6.26 Å². The first-order chi connectivity index (χ1) is 12.4. The van der Waals surface area contributed by atoms with Crippen LogP contribution < -0.4 is 5.32 Å². The van der Waals surface area contributed by atoms with Crippen LogP contribution in [0.2, 0.25) is 0 Å². The first-order valence-corrected chi connectivity index (χ1v) is 11.2. The summed E-state index contributed by atoms with van der Waals surface area (Å²) in [4.78, 5) is 21.1. The van der Waals surface area contributed by atoms with Crippen LogP contribution in [-0.4, -0.2) is 41.8 Å². The number of nitrogens with one attached hydrogen (secondary N) is 1. The van der Waals surface area contributed by atoms with Crippen molar-refractivity contribution in [1.29, 1.82) is 0 Å². The zero-order chi connectivity index (χ0) is 18.6. The average Bonchev–Trinajstić information content (AvgIpc) is 2.63. The number of benzene rings is 1. The van der Waals surface area contributed by atoms with Crippen LogP contribution in [0.15, 0.2) is 52.8 Å². The molecular formula is C18H21N3O3S2. The molecule has 0 atom stereocenters. The Morgan fingerprint density at radius 3 is 2.27 bits per heavy atom. The van der Waals surface area contributed by atoms with E-state index in [1.54, 1.807) is 42.4 Å². The van der Waals surface area contributed by atoms with Gasteiger partial charge in [-0.3, -0.25) is 4.79 Å². The summed E-state index contributed by atoms with van der Waals surface area (Å²) in [6.07, 6.45) is 8.47. The van der Waals surface area contributed by atoms with Crippen molar-refractivity contribution in [3.63, 3.8) is 0 Å². The predicted octanol–water partition coefficient (Wildman–Crippen LogP) is 2.71. The molecule has 1 aliphatic carbocycles. The Kier molecular flexibility index (Phi) is 5.93. The fourth-order valence-electron chi connectivity index (χ4n) is 2.94. The zero-order valence-electron chi connectivity index (χ0n) is 14.5. The van der Waals surface area contributed by atoms with Crippen LogP contribution in [0.1, 0.15) is 36.0 Å². The van der Waals surface area contributed by atoms with E-state index in [-0.39, 0.29) is 16.8 Å². The summed E-state index contributed by atoms with van der Waals surface area (Å²) in [6, 6.07) is 8.00. The van der Waals surface area contributed by atoms with Gasteiger partial charge in [0.15, 0.2) is 15.0 Å². The van der Waals surface area contributed by atoms with Crippen LogP contribution in [0.3, 0.4) is 0 Å². The third-order valence-corrected chi connectivity index (χ3v) is 6.72. The smallest absolute Gasteiger partial charge is 0.251 e. The second kappa shape index (κ2) is 8.18. The van der Waals surface area contributed by atoms with Gasteiger partial charge in [-0.25, -0.2) is 18.4 Å². The molecule has 0 spiro atoms. The number of carbonyl (C=O) groups excluding carboxylic acids is 1. The molecule has 0 aliphatic heterocycles. The molecule has 1 fully saturated rings. The quantitative estimate of drug-likeness (QED) is 0.789. The van der Waals surface area contributed by atoms with Gasteiger partial charge in [0, 0.05) is 35.5 Å². The lowest BCUT2D eigenvalue weighted by atomic mass is 9.94. The highest BCUT2D eigenvalue weighted by atomic mass is 32.2. The molecule has 0 unspecified atom stereocenters. The number of rotatable bonds is 5. The standard InChI is InChI=1S/C18H21N3O3S2/c1-26(23,24)16-9-3-13(4-10-16)17(22)21-14-5-7-15(8-6-14)25-18-19-11-2-12-20-18/h2-4,9-12,14-15H,5-8H2,1H3,(H,21,22). The molecule has 0 bridgehead atoms. The lowest BCUT2D eigenvalue weighted by molar-refractivity contribution is 0.0928. The van der Waals surface area contributed by atoms with Crippen molar-refractivity contribution < 1.29 is 13.2 Å². The van der Waals surface area contributed by atoms with Gasteiger partial charge in [-0.05, 0) is 56.0 Å². The predicted molar refractivity (Wildman–Crippen MR) is 101 cm³/mol. The second-order valence-electron chi connectivity index (χ2n) is 6.39. The minimum Gasteiger partial charge on any atom is -0.349 e. The van der Waals surface area contributed by atoms with Gasteiger partial charge in [-0.15, -0.1) is 0 Å². The topological polar surface area (TPSA) is 89.0 Å². The number of hydrogen-bond acceptors (Lipinski definition) is 6. The van der Waals surface area contributed by atoms with Gasteiger partial charge in [0.2, 0.25) is 0 Å². The van der Waals surface area contributed by atoms with Crippen LogP contribution in [0, 0.1) is 0 Å². The van der Waals surface area contributed by atoms with Crippen LogP contribution >= 0.6 is 11.8 Å². The van der Waals surface area contributed by atoms with Crippen LogP contribution in [0.4, 0.5) is 0 Å². The van der Waals surface area contributed by atoms with Gasteiger partial charge < -0.3 is 5.32 Å². The molecular weight excluding hydrogens is 370 g/mol. The summed E-state index contributed by atoms with van der Waals surface area (Å²) in [7, 11) is -3.25. The van der Waals surface area contributed by atoms with E-state index in [9.17, 15) is 13.2 Å². The van der Waals surface area contributed by atoms with Crippen molar-refractivity contribution in [2.24, 2.45) is 0 Å². The summed E-state index contributed by atoms with van der Waals surface area (Å²) < 4.78 is 23.0. The number of nitrogens with zero attached hydrogens (tertiary/aromatic N) is 2. The first-order valence-electron chi connectivity index (χ1n) is 8.46. The van der Waals surface area contributed by atoms with Gasteiger partial charge in [-0.2, -0.15) is 0 Å². The summed E-state index contributed by atoms with van der Waals surface area (Å²) in [6.45, 7) is 0. The third-order valence-electron chi connectivity index (χ3n) is 4.37. The highest BCUT2D eigenvalue weighted by Gasteiger charge is 2.24. The lowest BCUT2D eigenvalue weighted by Crippen LogP contribution is -2.38. The van der Waals surface area contributed by atoms with Crippen molar-refractivity contribution in [3.05, 3.63) is 48.3 Å². The molecule has 0 saturated heterocycles. The fourth-order valence-corrected chi connectivity index (χ4v) is 4.62. The third kappa shape index (κ3) is 5.04. The van der Waals surface area contributed by atoms with Crippen molar-refractivity contribution in [2.45, 2.75) is 47.0 Å². The van der Waals surface area contributed by atoms with Crippen molar-refractivity contribution in [1.82, 2.24) is 15.3 Å². The molecule has 2 aromatic rings. The molecule has 1 aliphatic rings. The Morgan fingerprint density at radius 1 is 1.08 bits per heavy atom. The lowest BCUT2D eigenvalue weighted by Gasteiger charge is -2.28. The SMILES string of the molecule is CS(=O)(=O)c1ccc(C(=O)NC2CCC(Sc3ncccn3)CC2)cc1. The number of aromatic nitrogens is 2. The van der Waals surface area contributed by atoms with E-state index in [0.717, 1.165) is 37.1 Å². The second-order valence-corrected chi connectivity index (χ2v) is 9.68. The molecule has 26 heavy (non-hydrogen) atoms. The molecule has 1 aromatic heterocycles. The largest absolute Gasteiger partial charge is 0.349 e. The number of thioether (sulfide) groups is 1. The Morgan fingerprint density at radius 2 is 1.69 bits per heavy atom. The number of hydrogen-bond donors (Lipinski definition) is 1. The van der Waals surface area contributed by atoms with Gasteiger partial charge in [0.25, 0.3) is 5.91 Å². The highest BCUT2D eigenvalue weighted by Crippen LogP contribution is 2.31. The summed E-state index contributed by atoms with van der Waals surface area (Å²) in [5, 5.41) is 4.32. The summed E-state index contributed by atoms with van der Waals surface area (Å²) in [5.41, 5.74) is 0.478. The van der Waals surface area contributed by atoms with Gasteiger partial charge >= 0.3 is 0 Å². The Balaban J connectivity index is 1.50. The summed E-state index contributed by atoms with van der Waals surface area (Å²) in [5.74, 6) is -0.160. The molecule has 1 amide bonds. The number of sulfone groups is 1. The molecule has 6 nitrogen and oxygen atoms in total. The van der Waals surface area contributed by atoms with Gasteiger partial charge in [0.1, 0.15) is 0 Å². The van der Waals surface area contributed by atoms with E-state index < -0.39 is 9.84 Å². The molecule has 8 heteroatoms. The maximum absolute atomic E-state index is 12.4. The molecule has 3 rings (SSSR count). The maximum Gasteiger partial charge on any atom is 0.251 e. The van der Waals surface area contributed by atoms with Crippen molar-refractivity contribution >= 4 is 27.5 Å².